The zero-order chi connectivity index (χ0) is 20.7. The average Bonchev–Trinajstić information content (AvgIpc) is 3.40. The summed E-state index contributed by atoms with van der Waals surface area (Å²) in [5.41, 5.74) is 6.81. The van der Waals surface area contributed by atoms with Gasteiger partial charge in [-0.15, -0.1) is 34.0 Å². The Morgan fingerprint density at radius 1 is 0.600 bits per heavy atom. The second-order valence-electron chi connectivity index (χ2n) is 7.98. The maximum absolute atomic E-state index is 2.36. The molecule has 0 nitrogen and oxygen atoms in total. The second-order valence-corrected chi connectivity index (χ2v) is 11.5. The Balaban J connectivity index is 1.32. The summed E-state index contributed by atoms with van der Waals surface area (Å²) in [6, 6.07) is 25.0. The molecular formula is C27H24S3. The molecule has 30 heavy (non-hydrogen) atoms. The Kier molecular flexibility index (Phi) is 5.36. The van der Waals surface area contributed by atoms with Gasteiger partial charge < -0.3 is 0 Å². The lowest BCUT2D eigenvalue weighted by Crippen LogP contribution is -1.90. The van der Waals surface area contributed by atoms with Crippen LogP contribution in [-0.4, -0.2) is 0 Å². The first kappa shape index (κ1) is 19.7. The molecule has 5 rings (SSSR count). The van der Waals surface area contributed by atoms with Crippen molar-refractivity contribution in [2.45, 2.75) is 33.6 Å². The molecule has 0 saturated heterocycles. The van der Waals surface area contributed by atoms with Gasteiger partial charge in [0.25, 0.3) is 0 Å². The minimum Gasteiger partial charge on any atom is -0.145 e. The van der Waals surface area contributed by atoms with Crippen molar-refractivity contribution in [1.29, 1.82) is 0 Å². The van der Waals surface area contributed by atoms with Gasteiger partial charge in [-0.1, -0.05) is 54.1 Å². The molecule has 0 aliphatic rings. The molecule has 0 bridgehead atoms. The maximum Gasteiger partial charge on any atom is 0.0463 e. The van der Waals surface area contributed by atoms with Crippen molar-refractivity contribution >= 4 is 43.4 Å². The normalized spacial score (nSPS) is 11.4. The number of hydrogen-bond acceptors (Lipinski definition) is 3. The van der Waals surface area contributed by atoms with E-state index in [1.54, 1.807) is 0 Å². The molecule has 3 heterocycles. The zero-order valence-corrected chi connectivity index (χ0v) is 19.9. The van der Waals surface area contributed by atoms with E-state index in [-0.39, 0.29) is 0 Å². The van der Waals surface area contributed by atoms with Gasteiger partial charge in [-0.3, -0.25) is 0 Å². The lowest BCUT2D eigenvalue weighted by atomic mass is 10.0. The minimum absolute atomic E-state index is 1.11. The molecule has 0 saturated carbocycles. The van der Waals surface area contributed by atoms with E-state index in [0.29, 0.717) is 0 Å². The number of rotatable bonds is 5. The number of benzene rings is 2. The van der Waals surface area contributed by atoms with E-state index in [1.807, 2.05) is 34.0 Å². The Morgan fingerprint density at radius 2 is 1.17 bits per heavy atom. The Labute approximate surface area is 190 Å². The van der Waals surface area contributed by atoms with Crippen LogP contribution in [0.1, 0.15) is 26.4 Å². The van der Waals surface area contributed by atoms with Crippen LogP contribution in [0.4, 0.5) is 0 Å². The molecule has 0 aliphatic heterocycles. The zero-order valence-electron chi connectivity index (χ0n) is 17.5. The molecule has 0 unspecified atom stereocenters. The van der Waals surface area contributed by atoms with Crippen LogP contribution in [0.2, 0.25) is 0 Å². The summed E-state index contributed by atoms with van der Waals surface area (Å²) < 4.78 is 2.77. The lowest BCUT2D eigenvalue weighted by Gasteiger charge is -2.03. The molecule has 0 N–H and O–H groups in total. The van der Waals surface area contributed by atoms with E-state index >= 15 is 0 Å². The first-order valence-corrected chi connectivity index (χ1v) is 12.8. The third kappa shape index (κ3) is 4.02. The molecule has 0 amide bonds. The summed E-state index contributed by atoms with van der Waals surface area (Å²) in [7, 11) is 0. The smallest absolute Gasteiger partial charge is 0.0463 e. The molecule has 0 fully saturated rings. The molecule has 0 spiro atoms. The van der Waals surface area contributed by atoms with Gasteiger partial charge >= 0.3 is 0 Å². The van der Waals surface area contributed by atoms with E-state index in [9.17, 15) is 0 Å². The highest BCUT2D eigenvalue weighted by Gasteiger charge is 2.10. The van der Waals surface area contributed by atoms with Crippen molar-refractivity contribution in [3.63, 3.8) is 0 Å². The third-order valence-corrected chi connectivity index (χ3v) is 9.17. The SMILES string of the molecule is Cc1ccc(-c2cc3sc(-c4ccc(CCc5sc(C)cc5C)cc4)cc3s2)cc1. The summed E-state index contributed by atoms with van der Waals surface area (Å²) in [5.74, 6) is 0. The fourth-order valence-electron chi connectivity index (χ4n) is 3.87. The first-order valence-electron chi connectivity index (χ1n) is 10.3. The van der Waals surface area contributed by atoms with Gasteiger partial charge in [0, 0.05) is 28.9 Å². The van der Waals surface area contributed by atoms with Crippen LogP contribution in [0, 0.1) is 20.8 Å². The van der Waals surface area contributed by atoms with Crippen molar-refractivity contribution < 1.29 is 0 Å². The monoisotopic (exact) mass is 444 g/mol. The van der Waals surface area contributed by atoms with Gasteiger partial charge in [0.05, 0.1) is 0 Å². The van der Waals surface area contributed by atoms with Crippen LogP contribution in [0.5, 0.6) is 0 Å². The highest BCUT2D eigenvalue weighted by molar-refractivity contribution is 7.31. The molecule has 0 atom stereocenters. The minimum atomic E-state index is 1.11. The summed E-state index contributed by atoms with van der Waals surface area (Å²) in [6.45, 7) is 6.57. The molecule has 0 radical (unpaired) electrons. The first-order chi connectivity index (χ1) is 14.5. The Hall–Kier alpha value is -2.20. The van der Waals surface area contributed by atoms with Gasteiger partial charge in [0.2, 0.25) is 0 Å². The lowest BCUT2D eigenvalue weighted by molar-refractivity contribution is 0.972. The van der Waals surface area contributed by atoms with Crippen LogP contribution < -0.4 is 0 Å². The van der Waals surface area contributed by atoms with Crippen molar-refractivity contribution in [1.82, 2.24) is 0 Å². The second kappa shape index (κ2) is 8.14. The van der Waals surface area contributed by atoms with E-state index in [0.717, 1.165) is 12.8 Å². The predicted molar refractivity (Wildman–Crippen MR) is 137 cm³/mol. The quantitative estimate of drug-likeness (QED) is 0.253. The van der Waals surface area contributed by atoms with E-state index < -0.39 is 0 Å². The molecule has 0 aliphatic carbocycles. The van der Waals surface area contributed by atoms with Gasteiger partial charge in [-0.2, -0.15) is 0 Å². The van der Waals surface area contributed by atoms with Gasteiger partial charge in [-0.05, 0) is 74.1 Å². The van der Waals surface area contributed by atoms with Crippen LogP contribution in [-0.2, 0) is 12.8 Å². The number of thiophene rings is 3. The summed E-state index contributed by atoms with van der Waals surface area (Å²) in [6.07, 6.45) is 2.25. The largest absolute Gasteiger partial charge is 0.145 e. The fraction of sp³-hybridized carbons (Fsp3) is 0.185. The average molecular weight is 445 g/mol. The highest BCUT2D eigenvalue weighted by Crippen LogP contribution is 2.41. The topological polar surface area (TPSA) is 0 Å². The number of fused-ring (bicyclic) bond motifs is 1. The van der Waals surface area contributed by atoms with Gasteiger partial charge in [0.15, 0.2) is 0 Å². The molecule has 3 heteroatoms. The molecular weight excluding hydrogens is 420 g/mol. The van der Waals surface area contributed by atoms with Crippen LogP contribution in [0.25, 0.3) is 30.3 Å². The third-order valence-electron chi connectivity index (χ3n) is 5.57. The standard InChI is InChI=1S/C27H24S3/c1-17-4-9-21(10-5-17)24-15-26-27(29-24)16-25(30-26)22-11-6-20(7-12-22)8-13-23-18(2)14-19(3)28-23/h4-7,9-12,14-16H,8,13H2,1-3H3. The fourth-order valence-corrected chi connectivity index (χ4v) is 7.32. The Morgan fingerprint density at radius 3 is 1.70 bits per heavy atom. The number of aryl methyl sites for hydroxylation is 5. The van der Waals surface area contributed by atoms with Gasteiger partial charge in [-0.25, -0.2) is 0 Å². The van der Waals surface area contributed by atoms with Gasteiger partial charge in [0.1, 0.15) is 0 Å². The van der Waals surface area contributed by atoms with Crippen molar-refractivity contribution in [2.24, 2.45) is 0 Å². The highest BCUT2D eigenvalue weighted by atomic mass is 32.1. The van der Waals surface area contributed by atoms with Crippen LogP contribution in [0.3, 0.4) is 0 Å². The molecule has 2 aromatic carbocycles. The van der Waals surface area contributed by atoms with Crippen LogP contribution >= 0.6 is 34.0 Å². The molecule has 150 valence electrons. The van der Waals surface area contributed by atoms with E-state index in [4.69, 9.17) is 0 Å². The van der Waals surface area contributed by atoms with Crippen molar-refractivity contribution in [2.75, 3.05) is 0 Å². The summed E-state index contributed by atoms with van der Waals surface area (Å²) in [5, 5.41) is 0. The van der Waals surface area contributed by atoms with E-state index in [2.05, 4.69) is 87.5 Å². The van der Waals surface area contributed by atoms with Crippen molar-refractivity contribution in [3.05, 3.63) is 93.2 Å². The van der Waals surface area contributed by atoms with Crippen LogP contribution in [0.15, 0.2) is 66.7 Å². The number of hydrogen-bond donors (Lipinski definition) is 0. The summed E-state index contributed by atoms with van der Waals surface area (Å²) in [4.78, 5) is 5.67. The molecule has 3 aromatic heterocycles. The van der Waals surface area contributed by atoms with Crippen molar-refractivity contribution in [3.8, 4) is 20.9 Å². The predicted octanol–water partition coefficient (Wildman–Crippen LogP) is 9.07. The summed E-state index contributed by atoms with van der Waals surface area (Å²) >= 11 is 5.74. The molecule has 5 aromatic rings. The maximum atomic E-state index is 2.36. The Bertz CT molecular complexity index is 1260. The van der Waals surface area contributed by atoms with E-state index in [1.165, 1.54) is 56.7 Å².